The van der Waals surface area contributed by atoms with Crippen LogP contribution >= 0.6 is 7.75 Å². The SMILES string of the molecule is CC(NC(=O)C(C)(Cc1cn(P(=O)(O)O)c2ccccc12)NC(=O)OCc1cc2ccccc2o1)c1ccccc1.[NaH].[NaH]. The number of furan rings is 1. The Morgan fingerprint density at radius 2 is 1.65 bits per heavy atom. The van der Waals surface area contributed by atoms with Crippen LogP contribution < -0.4 is 10.6 Å². The van der Waals surface area contributed by atoms with Crippen LogP contribution in [0, 0.1) is 0 Å². The minimum absolute atomic E-state index is 0. The van der Waals surface area contributed by atoms with Crippen LogP contribution in [0.3, 0.4) is 0 Å². The van der Waals surface area contributed by atoms with Gasteiger partial charge in [-0.1, -0.05) is 66.7 Å². The first-order chi connectivity index (χ1) is 19.5. The van der Waals surface area contributed by atoms with E-state index in [9.17, 15) is 23.9 Å². The van der Waals surface area contributed by atoms with Crippen molar-refractivity contribution in [3.05, 3.63) is 108 Å². The number of nitrogens with zero attached hydrogens (tertiary/aromatic N) is 1. The summed E-state index contributed by atoms with van der Waals surface area (Å²) in [7, 11) is -4.69. The van der Waals surface area contributed by atoms with Crippen LogP contribution in [0.4, 0.5) is 4.79 Å². The number of alkyl carbamates (subject to hydrolysis) is 1. The van der Waals surface area contributed by atoms with Crippen molar-refractivity contribution in [2.75, 3.05) is 0 Å². The average Bonchev–Trinajstić information content (AvgIpc) is 3.54. The van der Waals surface area contributed by atoms with Crippen molar-refractivity contribution in [3.8, 4) is 0 Å². The van der Waals surface area contributed by atoms with Crippen LogP contribution in [0.5, 0.6) is 0 Å². The third-order valence-electron chi connectivity index (χ3n) is 6.95. The topological polar surface area (TPSA) is 143 Å². The maximum absolute atomic E-state index is 13.8. The zero-order valence-corrected chi connectivity index (χ0v) is 23.4. The molecule has 5 aromatic rings. The summed E-state index contributed by atoms with van der Waals surface area (Å²) >= 11 is 0. The Kier molecular flexibility index (Phi) is 11.9. The number of para-hydroxylation sites is 2. The Bertz CT molecular complexity index is 1740. The van der Waals surface area contributed by atoms with E-state index in [4.69, 9.17) is 9.15 Å². The fourth-order valence-electron chi connectivity index (χ4n) is 4.84. The number of benzene rings is 3. The summed E-state index contributed by atoms with van der Waals surface area (Å²) in [6, 6.07) is 24.8. The number of ether oxygens (including phenoxy) is 1. The predicted molar refractivity (Wildman–Crippen MR) is 168 cm³/mol. The Balaban J connectivity index is 0.00000253. The molecule has 0 spiro atoms. The van der Waals surface area contributed by atoms with Crippen LogP contribution in [0.1, 0.15) is 36.8 Å². The summed E-state index contributed by atoms with van der Waals surface area (Å²) in [5.41, 5.74) is 0.744. The van der Waals surface area contributed by atoms with Gasteiger partial charge in [0.05, 0.1) is 11.6 Å². The van der Waals surface area contributed by atoms with Gasteiger partial charge in [-0.15, -0.1) is 0 Å². The van der Waals surface area contributed by atoms with Gasteiger partial charge in [-0.05, 0) is 43.2 Å². The Morgan fingerprint density at radius 3 is 2.35 bits per heavy atom. The molecule has 2 aromatic heterocycles. The zero-order chi connectivity index (χ0) is 29.2. The molecule has 3 aromatic carbocycles. The first-order valence-corrected chi connectivity index (χ1v) is 14.5. The van der Waals surface area contributed by atoms with Gasteiger partial charge in [0.15, 0.2) is 6.61 Å². The fourth-order valence-corrected chi connectivity index (χ4v) is 5.58. The van der Waals surface area contributed by atoms with Crippen LogP contribution in [0.25, 0.3) is 21.9 Å². The van der Waals surface area contributed by atoms with Gasteiger partial charge in [0.25, 0.3) is 0 Å². The molecule has 0 saturated carbocycles. The minimum atomic E-state index is -4.69. The monoisotopic (exact) mass is 623 g/mol. The summed E-state index contributed by atoms with van der Waals surface area (Å²) < 4.78 is 24.2. The van der Waals surface area contributed by atoms with Gasteiger partial charge >= 0.3 is 73.0 Å². The second-order valence-electron chi connectivity index (χ2n) is 10.1. The molecule has 5 rings (SSSR count). The average molecular weight is 624 g/mol. The standard InChI is InChI=1S/C30H30N3O7P.2Na.2H/c1-20(21-10-4-3-5-11-21)31-28(34)30(2,17-23-18-33(41(36,37)38)26-14-8-7-13-25(23)26)32-29(35)39-19-24-16-22-12-6-9-15-27(22)40-24;;;;/h3-16,18,20H,17,19H2,1-2H3,(H,31,34)(H,32,35)(H2,36,37,38);;;;. The maximum atomic E-state index is 13.8. The molecule has 2 unspecified atom stereocenters. The van der Waals surface area contributed by atoms with Crippen molar-refractivity contribution in [2.45, 2.75) is 38.5 Å². The second kappa shape index (κ2) is 14.6. The summed E-state index contributed by atoms with van der Waals surface area (Å²) in [6.45, 7) is 3.22. The molecule has 10 nitrogen and oxygen atoms in total. The van der Waals surface area contributed by atoms with Crippen molar-refractivity contribution >= 4 is 101 Å². The van der Waals surface area contributed by atoms with E-state index in [0.29, 0.717) is 27.8 Å². The number of carbonyl (C=O) groups excluding carboxylic acids is 2. The normalized spacial score (nSPS) is 13.3. The van der Waals surface area contributed by atoms with Gasteiger partial charge in [-0.2, -0.15) is 0 Å². The molecule has 216 valence electrons. The van der Waals surface area contributed by atoms with E-state index in [1.807, 2.05) is 61.5 Å². The van der Waals surface area contributed by atoms with E-state index in [0.717, 1.165) is 15.3 Å². The quantitative estimate of drug-likeness (QED) is 0.143. The van der Waals surface area contributed by atoms with E-state index in [-0.39, 0.29) is 78.2 Å². The molecule has 0 saturated heterocycles. The van der Waals surface area contributed by atoms with E-state index in [2.05, 4.69) is 10.6 Å². The van der Waals surface area contributed by atoms with E-state index < -0.39 is 25.3 Å². The number of nitrogens with one attached hydrogen (secondary N) is 2. The number of hydrogen-bond donors (Lipinski definition) is 4. The molecule has 2 amide bonds. The predicted octanol–water partition coefficient (Wildman–Crippen LogP) is 4.14. The summed E-state index contributed by atoms with van der Waals surface area (Å²) in [5, 5.41) is 7.06. The molecule has 0 radical (unpaired) electrons. The van der Waals surface area contributed by atoms with Crippen LogP contribution in [-0.4, -0.2) is 90.8 Å². The third kappa shape index (κ3) is 8.22. The zero-order valence-electron chi connectivity index (χ0n) is 22.5. The number of fused-ring (bicyclic) bond motifs is 2. The molecule has 0 aliphatic heterocycles. The molecule has 2 atom stereocenters. The molecule has 43 heavy (non-hydrogen) atoms. The summed E-state index contributed by atoms with van der Waals surface area (Å²) in [5.74, 6) is -0.0579. The number of rotatable bonds is 9. The van der Waals surface area contributed by atoms with Crippen LogP contribution in [-0.2, 0) is 27.1 Å². The van der Waals surface area contributed by atoms with Crippen LogP contribution in [0.2, 0.25) is 0 Å². The molecule has 4 N–H and O–H groups in total. The van der Waals surface area contributed by atoms with E-state index in [1.54, 1.807) is 37.3 Å². The van der Waals surface area contributed by atoms with Crippen molar-refractivity contribution in [2.24, 2.45) is 0 Å². The number of hydrogen-bond acceptors (Lipinski definition) is 5. The Morgan fingerprint density at radius 1 is 1.00 bits per heavy atom. The van der Waals surface area contributed by atoms with Gasteiger partial charge in [0.1, 0.15) is 16.9 Å². The molecule has 0 aliphatic rings. The van der Waals surface area contributed by atoms with Gasteiger partial charge in [-0.3, -0.25) is 9.13 Å². The molecular weight excluding hydrogens is 591 g/mol. The number of carbonyl (C=O) groups is 2. The van der Waals surface area contributed by atoms with E-state index >= 15 is 0 Å². The summed E-state index contributed by atoms with van der Waals surface area (Å²) in [6.07, 6.45) is 0.390. The fraction of sp³-hybridized carbons (Fsp3) is 0.200. The van der Waals surface area contributed by atoms with Gasteiger partial charge < -0.3 is 29.6 Å². The second-order valence-corrected chi connectivity index (χ2v) is 11.6. The Hall–Kier alpha value is -2.37. The van der Waals surface area contributed by atoms with Crippen molar-refractivity contribution < 1.29 is 33.1 Å². The van der Waals surface area contributed by atoms with Gasteiger partial charge in [0, 0.05) is 23.4 Å². The van der Waals surface area contributed by atoms with Crippen molar-refractivity contribution in [3.63, 3.8) is 0 Å². The van der Waals surface area contributed by atoms with Crippen molar-refractivity contribution in [1.82, 2.24) is 15.0 Å². The molecule has 0 bridgehead atoms. The molecule has 13 heteroatoms. The van der Waals surface area contributed by atoms with E-state index in [1.165, 1.54) is 6.20 Å². The number of aromatic nitrogens is 1. The van der Waals surface area contributed by atoms with Crippen molar-refractivity contribution in [1.29, 1.82) is 0 Å². The molecule has 0 fully saturated rings. The van der Waals surface area contributed by atoms with Gasteiger partial charge in [-0.25, -0.2) is 9.36 Å². The number of amides is 2. The van der Waals surface area contributed by atoms with Gasteiger partial charge in [0.2, 0.25) is 5.91 Å². The first kappa shape index (κ1) is 35.1. The summed E-state index contributed by atoms with van der Waals surface area (Å²) in [4.78, 5) is 46.7. The third-order valence-corrected chi connectivity index (χ3v) is 7.84. The van der Waals surface area contributed by atoms with Crippen LogP contribution in [0.15, 0.2) is 95.5 Å². The Labute approximate surface area is 293 Å². The first-order valence-electron chi connectivity index (χ1n) is 13.0. The molecular formula is C30H32N3Na2O7P. The molecule has 0 aliphatic carbocycles. The molecule has 2 heterocycles.